The van der Waals surface area contributed by atoms with E-state index in [0.717, 1.165) is 26.1 Å². The van der Waals surface area contributed by atoms with Gasteiger partial charge in [0.15, 0.2) is 0 Å². The Hall–Kier alpha value is -2.39. The number of nitrogens with one attached hydrogen (secondary N) is 1. The molecule has 0 aromatic heterocycles. The molecule has 3 heteroatoms. The Morgan fingerprint density at radius 1 is 1.08 bits per heavy atom. The van der Waals surface area contributed by atoms with Gasteiger partial charge in [0, 0.05) is 31.7 Å². The van der Waals surface area contributed by atoms with Crippen molar-refractivity contribution in [2.75, 3.05) is 11.4 Å². The van der Waals surface area contributed by atoms with E-state index in [2.05, 4.69) is 64.8 Å². The maximum absolute atomic E-state index is 12.0. The summed E-state index contributed by atoms with van der Waals surface area (Å²) in [5, 5.41) is 3.30. The number of fused-ring (bicyclic) bond motifs is 1. The van der Waals surface area contributed by atoms with E-state index < -0.39 is 0 Å². The van der Waals surface area contributed by atoms with E-state index in [0.29, 0.717) is 12.2 Å². The van der Waals surface area contributed by atoms with Gasteiger partial charge in [-0.25, -0.2) is 0 Å². The van der Waals surface area contributed by atoms with Crippen LogP contribution in [0.3, 0.4) is 0 Å². The van der Waals surface area contributed by atoms with Gasteiger partial charge in [-0.05, 0) is 40.8 Å². The fourth-order valence-electron chi connectivity index (χ4n) is 3.81. The highest BCUT2D eigenvalue weighted by Gasteiger charge is 2.22. The van der Waals surface area contributed by atoms with Crippen molar-refractivity contribution in [3.8, 4) is 0 Å². The molecule has 128 valence electrons. The third-order valence-electron chi connectivity index (χ3n) is 5.32. The molecule has 0 spiro atoms. The third-order valence-corrected chi connectivity index (χ3v) is 5.32. The minimum Gasteiger partial charge on any atom is -0.363 e. The lowest BCUT2D eigenvalue weighted by Gasteiger charge is -2.24. The van der Waals surface area contributed by atoms with Crippen LogP contribution in [0.25, 0.3) is 5.57 Å². The quantitative estimate of drug-likeness (QED) is 0.921. The number of hydrogen-bond acceptors (Lipinski definition) is 3. The number of nitrogens with zero attached hydrogens (tertiary/aromatic N) is 1. The Balaban J connectivity index is 1.48. The number of rotatable bonds is 4. The summed E-state index contributed by atoms with van der Waals surface area (Å²) in [5.41, 5.74) is 6.62. The van der Waals surface area contributed by atoms with Gasteiger partial charge < -0.3 is 10.2 Å². The molecule has 2 aromatic carbocycles. The first kappa shape index (κ1) is 16.1. The molecule has 0 fully saturated rings. The van der Waals surface area contributed by atoms with Gasteiger partial charge >= 0.3 is 0 Å². The highest BCUT2D eigenvalue weighted by atomic mass is 16.1. The second-order valence-electron chi connectivity index (χ2n) is 6.89. The largest absolute Gasteiger partial charge is 0.363 e. The fraction of sp³-hybridized carbons (Fsp3) is 0.318. The summed E-state index contributed by atoms with van der Waals surface area (Å²) in [7, 11) is 0. The lowest BCUT2D eigenvalue weighted by molar-refractivity contribution is -0.120. The van der Waals surface area contributed by atoms with E-state index >= 15 is 0 Å². The zero-order valence-electron chi connectivity index (χ0n) is 14.7. The predicted octanol–water partition coefficient (Wildman–Crippen LogP) is 3.93. The van der Waals surface area contributed by atoms with Crippen molar-refractivity contribution < 1.29 is 4.79 Å². The van der Waals surface area contributed by atoms with Crippen molar-refractivity contribution in [2.45, 2.75) is 38.9 Å². The highest BCUT2D eigenvalue weighted by Crippen LogP contribution is 2.30. The summed E-state index contributed by atoms with van der Waals surface area (Å²) in [6.45, 7) is 4.67. The van der Waals surface area contributed by atoms with Crippen LogP contribution in [0.4, 0.5) is 5.69 Å². The van der Waals surface area contributed by atoms with Crippen LogP contribution >= 0.6 is 0 Å². The number of benzene rings is 2. The normalized spacial score (nSPS) is 19.5. The van der Waals surface area contributed by atoms with Crippen LogP contribution < -0.4 is 10.2 Å². The maximum Gasteiger partial charge on any atom is 0.149 e. The van der Waals surface area contributed by atoms with E-state index in [4.69, 9.17) is 0 Å². The topological polar surface area (TPSA) is 32.3 Å². The van der Waals surface area contributed by atoms with Crippen LogP contribution in [0.5, 0.6) is 0 Å². The first-order valence-electron chi connectivity index (χ1n) is 9.12. The predicted molar refractivity (Wildman–Crippen MR) is 102 cm³/mol. The van der Waals surface area contributed by atoms with Gasteiger partial charge in [-0.1, -0.05) is 49.4 Å². The molecule has 1 atom stereocenters. The smallest absolute Gasteiger partial charge is 0.149 e. The molecule has 1 unspecified atom stereocenters. The second-order valence-corrected chi connectivity index (χ2v) is 6.89. The fourth-order valence-corrected chi connectivity index (χ4v) is 3.81. The molecule has 2 aliphatic heterocycles. The molecule has 0 radical (unpaired) electrons. The lowest BCUT2D eigenvalue weighted by atomic mass is 9.92. The Morgan fingerprint density at radius 3 is 2.40 bits per heavy atom. The molecule has 25 heavy (non-hydrogen) atoms. The standard InChI is InChI=1S/C22H24N2O/c1-2-22(25)21-13-17(11-12-23-21)16-7-9-20(10-8-16)24-14-18-5-3-4-6-19(18)15-24/h3-11,21,23H,2,12-15H2,1H3. The summed E-state index contributed by atoms with van der Waals surface area (Å²) < 4.78 is 0. The van der Waals surface area contributed by atoms with Crippen LogP contribution in [-0.4, -0.2) is 18.4 Å². The first-order chi connectivity index (χ1) is 12.2. The molecule has 0 bridgehead atoms. The van der Waals surface area contributed by atoms with Crippen molar-refractivity contribution in [1.29, 1.82) is 0 Å². The van der Waals surface area contributed by atoms with Gasteiger partial charge in [-0.3, -0.25) is 4.79 Å². The van der Waals surface area contributed by atoms with Crippen LogP contribution in [0.15, 0.2) is 54.6 Å². The van der Waals surface area contributed by atoms with Gasteiger partial charge in [-0.15, -0.1) is 0 Å². The van der Waals surface area contributed by atoms with Crippen molar-refractivity contribution in [3.05, 3.63) is 71.3 Å². The summed E-state index contributed by atoms with van der Waals surface area (Å²) in [4.78, 5) is 14.4. The second kappa shape index (κ2) is 6.85. The molecule has 2 aromatic rings. The summed E-state index contributed by atoms with van der Waals surface area (Å²) in [6.07, 6.45) is 3.60. The molecule has 0 saturated heterocycles. The average molecular weight is 332 g/mol. The number of carbonyl (C=O) groups is 1. The number of ketones is 1. The molecule has 0 aliphatic carbocycles. The molecular weight excluding hydrogens is 308 g/mol. The highest BCUT2D eigenvalue weighted by molar-refractivity contribution is 5.87. The summed E-state index contributed by atoms with van der Waals surface area (Å²) in [6, 6.07) is 17.4. The molecule has 2 aliphatic rings. The Morgan fingerprint density at radius 2 is 1.76 bits per heavy atom. The van der Waals surface area contributed by atoms with Crippen molar-refractivity contribution in [3.63, 3.8) is 0 Å². The van der Waals surface area contributed by atoms with E-state index in [1.54, 1.807) is 0 Å². The molecule has 0 saturated carbocycles. The molecule has 0 amide bonds. The van der Waals surface area contributed by atoms with Gasteiger partial charge in [-0.2, -0.15) is 0 Å². The van der Waals surface area contributed by atoms with Crippen LogP contribution in [0, 0.1) is 0 Å². The van der Waals surface area contributed by atoms with Gasteiger partial charge in [0.05, 0.1) is 6.04 Å². The molecule has 4 rings (SSSR count). The zero-order valence-corrected chi connectivity index (χ0v) is 14.7. The monoisotopic (exact) mass is 332 g/mol. The summed E-state index contributed by atoms with van der Waals surface area (Å²) >= 11 is 0. The summed E-state index contributed by atoms with van der Waals surface area (Å²) in [5.74, 6) is 0.303. The zero-order chi connectivity index (χ0) is 17.2. The molecule has 1 N–H and O–H groups in total. The third kappa shape index (κ3) is 3.24. The van der Waals surface area contributed by atoms with Gasteiger partial charge in [0.25, 0.3) is 0 Å². The van der Waals surface area contributed by atoms with Crippen LogP contribution in [-0.2, 0) is 17.9 Å². The lowest BCUT2D eigenvalue weighted by Crippen LogP contribution is -2.39. The SMILES string of the molecule is CCC(=O)C1CC(c2ccc(N3Cc4ccccc4C3)cc2)=CCN1. The first-order valence-corrected chi connectivity index (χ1v) is 9.12. The van der Waals surface area contributed by atoms with E-state index in [-0.39, 0.29) is 6.04 Å². The number of anilines is 1. The Labute approximate surface area is 149 Å². The molecule has 3 nitrogen and oxygen atoms in total. The minimum absolute atomic E-state index is 0.0299. The van der Waals surface area contributed by atoms with Gasteiger partial charge in [0.2, 0.25) is 0 Å². The van der Waals surface area contributed by atoms with Crippen LogP contribution in [0.1, 0.15) is 36.5 Å². The molecular formula is C22H24N2O. The number of carbonyl (C=O) groups excluding carboxylic acids is 1. The molecule has 2 heterocycles. The van der Waals surface area contributed by atoms with Crippen molar-refractivity contribution in [1.82, 2.24) is 5.32 Å². The van der Waals surface area contributed by atoms with E-state index in [1.165, 1.54) is 28.0 Å². The Bertz CT molecular complexity index is 782. The van der Waals surface area contributed by atoms with Gasteiger partial charge in [0.1, 0.15) is 5.78 Å². The Kier molecular flexibility index (Phi) is 4.41. The average Bonchev–Trinajstić information content (AvgIpc) is 3.12. The van der Waals surface area contributed by atoms with E-state index in [1.807, 2.05) is 6.92 Å². The minimum atomic E-state index is -0.0299. The van der Waals surface area contributed by atoms with E-state index in [9.17, 15) is 4.79 Å². The number of Topliss-reactive ketones (excluding diaryl/α,β-unsaturated/α-hetero) is 1. The van der Waals surface area contributed by atoms with Crippen LogP contribution in [0.2, 0.25) is 0 Å². The van der Waals surface area contributed by atoms with Crippen molar-refractivity contribution >= 4 is 17.0 Å². The van der Waals surface area contributed by atoms with Crippen molar-refractivity contribution in [2.24, 2.45) is 0 Å². The number of hydrogen-bond donors (Lipinski definition) is 1. The maximum atomic E-state index is 12.0.